The second-order valence-electron chi connectivity index (χ2n) is 6.44. The van der Waals surface area contributed by atoms with E-state index in [1.54, 1.807) is 12.3 Å². The van der Waals surface area contributed by atoms with Gasteiger partial charge in [-0.15, -0.1) is 13.2 Å². The molecule has 0 atom stereocenters. The summed E-state index contributed by atoms with van der Waals surface area (Å²) in [6.45, 7) is 0.187. The molecule has 6 nitrogen and oxygen atoms in total. The van der Waals surface area contributed by atoms with Crippen LogP contribution in [0.5, 0.6) is 5.75 Å². The van der Waals surface area contributed by atoms with Crippen LogP contribution in [0.25, 0.3) is 16.6 Å². The van der Waals surface area contributed by atoms with Crippen LogP contribution in [0.15, 0.2) is 59.8 Å². The molecule has 1 aliphatic heterocycles. The molecule has 0 saturated heterocycles. The zero-order chi connectivity index (χ0) is 20.6. The van der Waals surface area contributed by atoms with Gasteiger partial charge in [0.25, 0.3) is 0 Å². The molecule has 0 unspecified atom stereocenters. The molecule has 2 aromatic heterocycles. The van der Waals surface area contributed by atoms with E-state index < -0.39 is 27.0 Å². The van der Waals surface area contributed by atoms with Crippen LogP contribution in [0.4, 0.5) is 13.2 Å². The Morgan fingerprint density at radius 2 is 1.93 bits per heavy atom. The third-order valence-electron chi connectivity index (χ3n) is 4.66. The smallest absolute Gasteiger partial charge is 0.404 e. The van der Waals surface area contributed by atoms with Gasteiger partial charge in [-0.2, -0.15) is 4.31 Å². The molecule has 0 radical (unpaired) electrons. The van der Waals surface area contributed by atoms with Crippen molar-refractivity contribution < 1.29 is 26.3 Å². The Morgan fingerprint density at radius 1 is 1.14 bits per heavy atom. The minimum Gasteiger partial charge on any atom is -0.404 e. The quantitative estimate of drug-likeness (QED) is 0.690. The molecule has 0 bridgehead atoms. The van der Waals surface area contributed by atoms with Gasteiger partial charge in [0.05, 0.1) is 0 Å². The summed E-state index contributed by atoms with van der Waals surface area (Å²) in [5.41, 5.74) is 2.62. The van der Waals surface area contributed by atoms with E-state index in [0.717, 1.165) is 38.6 Å². The van der Waals surface area contributed by atoms with Crippen LogP contribution in [0.2, 0.25) is 0 Å². The Kier molecular flexibility index (Phi) is 4.83. The van der Waals surface area contributed by atoms with Crippen LogP contribution in [-0.4, -0.2) is 42.1 Å². The second-order valence-corrected chi connectivity index (χ2v) is 8.35. The van der Waals surface area contributed by atoms with Crippen molar-refractivity contribution in [2.24, 2.45) is 0 Å². The summed E-state index contributed by atoms with van der Waals surface area (Å²) in [6.07, 6.45) is 0.698. The molecule has 1 aliphatic rings. The number of benzene rings is 1. The number of H-pyrrole nitrogens is 1. The van der Waals surface area contributed by atoms with Crippen LogP contribution in [0.1, 0.15) is 12.0 Å². The van der Waals surface area contributed by atoms with Gasteiger partial charge in [-0.25, -0.2) is 13.4 Å². The molecular weight excluding hydrogens is 407 g/mol. The van der Waals surface area contributed by atoms with Gasteiger partial charge in [-0.1, -0.05) is 18.2 Å². The number of halogens is 3. The van der Waals surface area contributed by atoms with Crippen molar-refractivity contribution in [3.05, 3.63) is 60.4 Å². The zero-order valence-electron chi connectivity index (χ0n) is 15.0. The topological polar surface area (TPSA) is 75.3 Å². The number of para-hydroxylation sites is 1. The molecule has 0 saturated carbocycles. The number of aromatic amines is 1. The van der Waals surface area contributed by atoms with Crippen molar-refractivity contribution in [3.8, 4) is 5.75 Å². The van der Waals surface area contributed by atoms with E-state index in [0.29, 0.717) is 6.42 Å². The van der Waals surface area contributed by atoms with Gasteiger partial charge in [-0.3, -0.25) is 0 Å². The van der Waals surface area contributed by atoms with Gasteiger partial charge in [0.15, 0.2) is 0 Å². The highest BCUT2D eigenvalue weighted by atomic mass is 32.2. The summed E-state index contributed by atoms with van der Waals surface area (Å²) in [5.74, 6) is -0.738. The standard InChI is InChI=1S/C19H16F3N3O3S/c20-19(21,22)28-16-5-1-2-6-17(16)29(26,27)25-10-7-13(8-11-25)15-12-24-18-14(15)4-3-9-23-18/h1-7,9,12H,8,10-11H2,(H,23,24). The van der Waals surface area contributed by atoms with Crippen LogP contribution in [0, 0.1) is 0 Å². The van der Waals surface area contributed by atoms with Crippen molar-refractivity contribution in [2.75, 3.05) is 13.1 Å². The van der Waals surface area contributed by atoms with Crippen molar-refractivity contribution in [1.82, 2.24) is 14.3 Å². The Hall–Kier alpha value is -2.85. The molecule has 0 amide bonds. The van der Waals surface area contributed by atoms with Gasteiger partial charge >= 0.3 is 6.36 Å². The van der Waals surface area contributed by atoms with Gasteiger partial charge in [-0.05, 0) is 36.3 Å². The first kappa shape index (κ1) is 19.5. The number of hydrogen-bond donors (Lipinski definition) is 1. The van der Waals surface area contributed by atoms with Crippen LogP contribution < -0.4 is 4.74 Å². The number of sulfonamides is 1. The highest BCUT2D eigenvalue weighted by molar-refractivity contribution is 7.89. The molecule has 3 heterocycles. The Morgan fingerprint density at radius 3 is 2.66 bits per heavy atom. The van der Waals surface area contributed by atoms with Crippen molar-refractivity contribution >= 4 is 26.6 Å². The number of nitrogens with zero attached hydrogens (tertiary/aromatic N) is 2. The lowest BCUT2D eigenvalue weighted by Crippen LogP contribution is -2.35. The summed E-state index contributed by atoms with van der Waals surface area (Å²) in [4.78, 5) is 6.80. The summed E-state index contributed by atoms with van der Waals surface area (Å²) in [7, 11) is -4.16. The minimum absolute atomic E-state index is 0.0466. The average Bonchev–Trinajstić information content (AvgIpc) is 3.11. The molecule has 152 valence electrons. The van der Waals surface area contributed by atoms with Crippen molar-refractivity contribution in [1.29, 1.82) is 0 Å². The van der Waals surface area contributed by atoms with E-state index >= 15 is 0 Å². The fourth-order valence-corrected chi connectivity index (χ4v) is 4.84. The number of hydrogen-bond acceptors (Lipinski definition) is 4. The first-order chi connectivity index (χ1) is 13.8. The van der Waals surface area contributed by atoms with Crippen molar-refractivity contribution in [2.45, 2.75) is 17.7 Å². The van der Waals surface area contributed by atoms with Gasteiger partial charge in [0.1, 0.15) is 16.3 Å². The summed E-state index contributed by atoms with van der Waals surface area (Å²) in [6, 6.07) is 8.49. The molecule has 1 N–H and O–H groups in total. The zero-order valence-corrected chi connectivity index (χ0v) is 15.8. The lowest BCUT2D eigenvalue weighted by atomic mass is 10.0. The normalized spacial score (nSPS) is 16.0. The number of aromatic nitrogens is 2. The number of rotatable bonds is 4. The van der Waals surface area contributed by atoms with E-state index in [4.69, 9.17) is 0 Å². The first-order valence-electron chi connectivity index (χ1n) is 8.72. The number of nitrogens with one attached hydrogen (secondary N) is 1. The Balaban J connectivity index is 1.61. The fraction of sp³-hybridized carbons (Fsp3) is 0.211. The van der Waals surface area contributed by atoms with Crippen molar-refractivity contribution in [3.63, 3.8) is 0 Å². The van der Waals surface area contributed by atoms with E-state index in [1.807, 2.05) is 18.3 Å². The molecular formula is C19H16F3N3O3S. The molecule has 0 spiro atoms. The fourth-order valence-electron chi connectivity index (χ4n) is 3.35. The van der Waals surface area contributed by atoms with E-state index in [2.05, 4.69) is 14.7 Å². The minimum atomic E-state index is -4.98. The van der Waals surface area contributed by atoms with Crippen LogP contribution in [-0.2, 0) is 10.0 Å². The SMILES string of the molecule is O=S(=O)(c1ccccc1OC(F)(F)F)N1CC=C(c2c[nH]c3ncccc23)CC1. The number of ether oxygens (including phenoxy) is 1. The maximum Gasteiger partial charge on any atom is 0.573 e. The molecule has 1 aromatic carbocycles. The number of fused-ring (bicyclic) bond motifs is 1. The predicted octanol–water partition coefficient (Wildman–Crippen LogP) is 3.94. The van der Waals surface area contributed by atoms with Gasteiger partial charge in [0, 0.05) is 36.4 Å². The maximum atomic E-state index is 12.9. The molecule has 0 fully saturated rings. The molecule has 0 aliphatic carbocycles. The molecule has 10 heteroatoms. The predicted molar refractivity (Wildman–Crippen MR) is 101 cm³/mol. The second kappa shape index (κ2) is 7.20. The summed E-state index contributed by atoms with van der Waals surface area (Å²) in [5, 5.41) is 0.930. The Bertz CT molecular complexity index is 1190. The van der Waals surface area contributed by atoms with Crippen LogP contribution >= 0.6 is 0 Å². The largest absolute Gasteiger partial charge is 0.573 e. The van der Waals surface area contributed by atoms with Crippen LogP contribution in [0.3, 0.4) is 0 Å². The number of alkyl halides is 3. The molecule has 3 aromatic rings. The number of pyridine rings is 1. The lowest BCUT2D eigenvalue weighted by molar-refractivity contribution is -0.275. The van der Waals surface area contributed by atoms with Gasteiger partial charge in [0.2, 0.25) is 10.0 Å². The van der Waals surface area contributed by atoms with Gasteiger partial charge < -0.3 is 9.72 Å². The molecule has 4 rings (SSSR count). The maximum absolute atomic E-state index is 12.9. The first-order valence-corrected chi connectivity index (χ1v) is 10.2. The van der Waals surface area contributed by atoms with E-state index in [-0.39, 0.29) is 13.1 Å². The third-order valence-corrected chi connectivity index (χ3v) is 6.57. The summed E-state index contributed by atoms with van der Waals surface area (Å²) >= 11 is 0. The summed E-state index contributed by atoms with van der Waals surface area (Å²) < 4.78 is 68.8. The highest BCUT2D eigenvalue weighted by Crippen LogP contribution is 2.34. The highest BCUT2D eigenvalue weighted by Gasteiger charge is 2.36. The average molecular weight is 423 g/mol. The van der Waals surface area contributed by atoms with E-state index in [9.17, 15) is 21.6 Å². The lowest BCUT2D eigenvalue weighted by Gasteiger charge is -2.26. The van der Waals surface area contributed by atoms with E-state index in [1.165, 1.54) is 12.1 Å². The third kappa shape index (κ3) is 3.85. The Labute approximate surface area is 164 Å². The monoisotopic (exact) mass is 423 g/mol. The molecule has 29 heavy (non-hydrogen) atoms.